The molecule has 4 aliphatic rings. The van der Waals surface area contributed by atoms with Crippen molar-refractivity contribution < 1.29 is 19.1 Å². The van der Waals surface area contributed by atoms with Crippen molar-refractivity contribution in [1.82, 2.24) is 0 Å². The summed E-state index contributed by atoms with van der Waals surface area (Å²) in [5.41, 5.74) is -1.17. The van der Waals surface area contributed by atoms with Crippen LogP contribution in [-0.2, 0) is 19.1 Å². The van der Waals surface area contributed by atoms with Gasteiger partial charge in [-0.2, -0.15) is 0 Å². The second-order valence-electron chi connectivity index (χ2n) is 5.36. The molecule has 4 rings (SSSR count). The van der Waals surface area contributed by atoms with Gasteiger partial charge in [-0.05, 0) is 25.3 Å². The zero-order chi connectivity index (χ0) is 14.2. The fourth-order valence-corrected chi connectivity index (χ4v) is 3.53. The Kier molecular flexibility index (Phi) is 3.59. The molecule has 1 saturated heterocycles. The third-order valence-electron chi connectivity index (χ3n) is 4.03. The summed E-state index contributed by atoms with van der Waals surface area (Å²) < 4.78 is 11.5. The van der Waals surface area contributed by atoms with E-state index in [0.29, 0.717) is 13.0 Å². The Labute approximate surface area is 126 Å². The molecular weight excluding hydrogens is 324 g/mol. The molecule has 1 fully saturated rings. The number of ether oxygens (including phenoxy) is 2. The molecule has 0 aromatic carbocycles. The first kappa shape index (κ1) is 13.7. The lowest BCUT2D eigenvalue weighted by atomic mass is 9.67. The van der Waals surface area contributed by atoms with E-state index < -0.39 is 17.3 Å². The van der Waals surface area contributed by atoms with Crippen molar-refractivity contribution in [2.24, 2.45) is 11.3 Å². The summed E-state index contributed by atoms with van der Waals surface area (Å²) in [6.07, 6.45) is 5.31. The second kappa shape index (κ2) is 5.25. The van der Waals surface area contributed by atoms with Gasteiger partial charge in [0.25, 0.3) is 0 Å². The van der Waals surface area contributed by atoms with Crippen molar-refractivity contribution in [2.75, 3.05) is 6.61 Å². The number of carbonyl (C=O) groups is 2. The van der Waals surface area contributed by atoms with Gasteiger partial charge < -0.3 is 9.47 Å². The summed E-state index contributed by atoms with van der Waals surface area (Å²) in [7, 11) is 0. The lowest BCUT2D eigenvalue weighted by Gasteiger charge is -2.43. The lowest BCUT2D eigenvalue weighted by Crippen LogP contribution is -2.53. The number of hydrogen-bond acceptors (Lipinski definition) is 4. The summed E-state index contributed by atoms with van der Waals surface area (Å²) in [6.45, 7) is 0.413. The van der Waals surface area contributed by atoms with Crippen LogP contribution >= 0.6 is 15.9 Å². The minimum atomic E-state index is -1.17. The summed E-state index contributed by atoms with van der Waals surface area (Å²) in [6, 6.07) is 0. The van der Waals surface area contributed by atoms with E-state index in [2.05, 4.69) is 27.8 Å². The van der Waals surface area contributed by atoms with Crippen LogP contribution in [0.2, 0.25) is 0 Å². The first-order valence-electron chi connectivity index (χ1n) is 6.89. The minimum Gasteiger partial charge on any atom is -0.465 e. The first-order valence-corrected chi connectivity index (χ1v) is 7.69. The number of hydrogen-bond donors (Lipinski definition) is 0. The van der Waals surface area contributed by atoms with Crippen molar-refractivity contribution in [3.05, 3.63) is 10.6 Å². The maximum absolute atomic E-state index is 12.3. The van der Waals surface area contributed by atoms with Gasteiger partial charge in [0.1, 0.15) is 6.10 Å². The van der Waals surface area contributed by atoms with E-state index in [-0.39, 0.29) is 12.1 Å². The zero-order valence-corrected chi connectivity index (χ0v) is 12.6. The normalized spacial score (nSPS) is 36.5. The van der Waals surface area contributed by atoms with Gasteiger partial charge in [0.2, 0.25) is 0 Å². The number of halogens is 1. The molecule has 1 spiro atoms. The Morgan fingerprint density at radius 1 is 1.30 bits per heavy atom. The smallest absolute Gasteiger partial charge is 0.329 e. The van der Waals surface area contributed by atoms with E-state index in [1.807, 2.05) is 0 Å². The number of rotatable bonds is 0. The summed E-state index contributed by atoms with van der Waals surface area (Å²) in [5, 5.41) is 0. The topological polar surface area (TPSA) is 52.6 Å². The van der Waals surface area contributed by atoms with E-state index in [9.17, 15) is 9.59 Å². The molecule has 1 aliphatic carbocycles. The summed E-state index contributed by atoms with van der Waals surface area (Å²) in [4.78, 5) is 24.5. The SMILES string of the molecule is O=C1OCCCCCC#CC23C=C(Br)C(CC12)OC3=O. The average molecular weight is 339 g/mol. The van der Waals surface area contributed by atoms with Gasteiger partial charge in [0.05, 0.1) is 12.5 Å². The Hall–Kier alpha value is -1.28. The Morgan fingerprint density at radius 2 is 2.15 bits per heavy atom. The molecule has 0 amide bonds. The highest BCUT2D eigenvalue weighted by atomic mass is 79.9. The second-order valence-corrected chi connectivity index (χ2v) is 6.28. The molecule has 0 radical (unpaired) electrons. The van der Waals surface area contributed by atoms with Crippen LogP contribution in [0.3, 0.4) is 0 Å². The van der Waals surface area contributed by atoms with Crippen molar-refractivity contribution in [3.8, 4) is 11.8 Å². The van der Waals surface area contributed by atoms with Crippen molar-refractivity contribution in [2.45, 2.75) is 38.2 Å². The standard InChI is InChI=1S/C15H15BrO4/c16-11-9-15-6-4-2-1-3-5-7-19-13(17)10(15)8-12(11)20-14(15)18/h9-10,12H,1-3,5,7-8H2. The molecule has 2 bridgehead atoms. The number of cyclic esters (lactones) is 1. The van der Waals surface area contributed by atoms with E-state index in [1.54, 1.807) is 6.08 Å². The lowest BCUT2D eigenvalue weighted by molar-refractivity contribution is -0.177. The first-order chi connectivity index (χ1) is 9.63. The van der Waals surface area contributed by atoms with Crippen LogP contribution in [0.25, 0.3) is 0 Å². The van der Waals surface area contributed by atoms with Gasteiger partial charge >= 0.3 is 11.9 Å². The predicted molar refractivity (Wildman–Crippen MR) is 74.6 cm³/mol. The minimum absolute atomic E-state index is 0.334. The molecule has 3 heterocycles. The van der Waals surface area contributed by atoms with Crippen molar-refractivity contribution in [1.29, 1.82) is 0 Å². The largest absolute Gasteiger partial charge is 0.465 e. The highest BCUT2D eigenvalue weighted by Gasteiger charge is 2.58. The molecule has 5 heteroatoms. The van der Waals surface area contributed by atoms with Crippen LogP contribution in [0.1, 0.15) is 32.1 Å². The van der Waals surface area contributed by atoms with Crippen molar-refractivity contribution in [3.63, 3.8) is 0 Å². The number of esters is 2. The Balaban J connectivity index is 2.03. The average Bonchev–Trinajstić information content (AvgIpc) is 2.45. The molecule has 0 aromatic rings. The van der Waals surface area contributed by atoms with Crippen LogP contribution in [-0.4, -0.2) is 24.6 Å². The molecule has 106 valence electrons. The fourth-order valence-electron chi connectivity index (χ4n) is 2.89. The molecule has 0 aromatic heterocycles. The van der Waals surface area contributed by atoms with E-state index in [0.717, 1.165) is 30.2 Å². The number of carbonyl (C=O) groups excluding carboxylic acids is 2. The quantitative estimate of drug-likeness (QED) is 0.502. The maximum Gasteiger partial charge on any atom is 0.329 e. The van der Waals surface area contributed by atoms with Gasteiger partial charge in [-0.15, -0.1) is 5.92 Å². The molecule has 20 heavy (non-hydrogen) atoms. The molecular formula is C15H15BrO4. The highest BCUT2D eigenvalue weighted by Crippen LogP contribution is 2.48. The molecule has 0 N–H and O–H groups in total. The van der Waals surface area contributed by atoms with Gasteiger partial charge in [0.15, 0.2) is 5.41 Å². The third-order valence-corrected chi connectivity index (χ3v) is 4.77. The Bertz CT molecular complexity index is 542. The Morgan fingerprint density at radius 3 is 3.00 bits per heavy atom. The van der Waals surface area contributed by atoms with Crippen LogP contribution in [0.4, 0.5) is 0 Å². The van der Waals surface area contributed by atoms with E-state index >= 15 is 0 Å². The van der Waals surface area contributed by atoms with Crippen LogP contribution < -0.4 is 0 Å². The van der Waals surface area contributed by atoms with Gasteiger partial charge in [-0.25, -0.2) is 0 Å². The zero-order valence-electron chi connectivity index (χ0n) is 11.0. The fraction of sp³-hybridized carbons (Fsp3) is 0.600. The van der Waals surface area contributed by atoms with Gasteiger partial charge in [-0.3, -0.25) is 9.59 Å². The van der Waals surface area contributed by atoms with Gasteiger partial charge in [0, 0.05) is 17.3 Å². The van der Waals surface area contributed by atoms with Crippen LogP contribution in [0, 0.1) is 23.2 Å². The predicted octanol–water partition coefficient (Wildman–Crippen LogP) is 2.32. The van der Waals surface area contributed by atoms with Crippen molar-refractivity contribution >= 4 is 27.9 Å². The molecule has 3 unspecified atom stereocenters. The maximum atomic E-state index is 12.3. The third kappa shape index (κ3) is 2.16. The summed E-state index contributed by atoms with van der Waals surface area (Å²) >= 11 is 3.41. The molecule has 3 aliphatic heterocycles. The van der Waals surface area contributed by atoms with Crippen LogP contribution in [0.15, 0.2) is 10.6 Å². The summed E-state index contributed by atoms with van der Waals surface area (Å²) in [5.74, 6) is 4.73. The van der Waals surface area contributed by atoms with Gasteiger partial charge in [-0.1, -0.05) is 21.9 Å². The molecule has 0 saturated carbocycles. The van der Waals surface area contributed by atoms with E-state index in [1.165, 1.54) is 0 Å². The van der Waals surface area contributed by atoms with Crippen LogP contribution in [0.5, 0.6) is 0 Å². The van der Waals surface area contributed by atoms with E-state index in [4.69, 9.17) is 9.47 Å². The molecule has 4 nitrogen and oxygen atoms in total. The number of fused-ring (bicyclic) bond motifs is 1. The molecule has 3 atom stereocenters. The highest BCUT2D eigenvalue weighted by molar-refractivity contribution is 9.11. The monoisotopic (exact) mass is 338 g/mol.